The third-order valence-corrected chi connectivity index (χ3v) is 4.78. The van der Waals surface area contributed by atoms with Gasteiger partial charge in [-0.3, -0.25) is 0 Å². The number of hydrogen-bond acceptors (Lipinski definition) is 4. The molecule has 0 radical (unpaired) electrons. The first-order chi connectivity index (χ1) is 10.3. The van der Waals surface area contributed by atoms with E-state index in [2.05, 4.69) is 10.6 Å². The van der Waals surface area contributed by atoms with Crippen molar-refractivity contribution in [1.82, 2.24) is 10.6 Å². The van der Waals surface area contributed by atoms with Gasteiger partial charge in [-0.05, 0) is 35.2 Å². The van der Waals surface area contributed by atoms with Gasteiger partial charge in [0.1, 0.15) is 6.10 Å². The zero-order valence-electron chi connectivity index (χ0n) is 12.1. The van der Waals surface area contributed by atoms with E-state index < -0.39 is 0 Å². The molecule has 1 aromatic heterocycles. The molecule has 1 aliphatic carbocycles. The van der Waals surface area contributed by atoms with E-state index in [0.717, 1.165) is 18.4 Å². The summed E-state index contributed by atoms with van der Waals surface area (Å²) in [4.78, 5) is 11.7. The first-order valence-corrected chi connectivity index (χ1v) is 8.55. The molecule has 1 aromatic rings. The Labute approximate surface area is 129 Å². The fraction of sp³-hybridized carbons (Fsp3) is 0.667. The molecule has 2 amide bonds. The number of amides is 2. The lowest BCUT2D eigenvalue weighted by atomic mass is 9.94. The van der Waals surface area contributed by atoms with Gasteiger partial charge in [0.2, 0.25) is 0 Å². The zero-order chi connectivity index (χ0) is 14.5. The molecule has 1 aliphatic heterocycles. The number of hydrogen-bond donors (Lipinski definition) is 2. The zero-order valence-corrected chi connectivity index (χ0v) is 12.9. The third kappa shape index (κ3) is 3.96. The summed E-state index contributed by atoms with van der Waals surface area (Å²) in [7, 11) is 0. The summed E-state index contributed by atoms with van der Waals surface area (Å²) < 4.78 is 11.9. The summed E-state index contributed by atoms with van der Waals surface area (Å²) in [5, 5.41) is 9.73. The summed E-state index contributed by atoms with van der Waals surface area (Å²) in [6.45, 7) is 1.63. The number of carbonyl (C=O) groups is 1. The molecule has 1 saturated heterocycles. The molecule has 5 nitrogen and oxygen atoms in total. The molecule has 1 saturated carbocycles. The lowest BCUT2D eigenvalue weighted by molar-refractivity contribution is -0.186. The highest BCUT2D eigenvalue weighted by atomic mass is 32.1. The summed E-state index contributed by atoms with van der Waals surface area (Å²) in [5.74, 6) is -0.363. The third-order valence-electron chi connectivity index (χ3n) is 4.05. The fourth-order valence-corrected chi connectivity index (χ4v) is 3.58. The Balaban J connectivity index is 1.36. The van der Waals surface area contributed by atoms with Crippen molar-refractivity contribution in [2.24, 2.45) is 0 Å². The van der Waals surface area contributed by atoms with Crippen molar-refractivity contribution in [2.75, 3.05) is 13.2 Å². The van der Waals surface area contributed by atoms with Crippen molar-refractivity contribution in [1.29, 1.82) is 0 Å². The lowest BCUT2D eigenvalue weighted by Gasteiger charge is -2.31. The van der Waals surface area contributed by atoms with Gasteiger partial charge in [0, 0.05) is 25.9 Å². The van der Waals surface area contributed by atoms with Crippen molar-refractivity contribution in [3.63, 3.8) is 0 Å². The smallest absolute Gasteiger partial charge is 0.315 e. The number of thiophene rings is 1. The molecule has 3 rings (SSSR count). The molecular formula is C15H22N2O3S. The number of rotatable bonds is 4. The first-order valence-electron chi connectivity index (χ1n) is 7.60. The first kappa shape index (κ1) is 14.8. The number of urea groups is 1. The van der Waals surface area contributed by atoms with Crippen LogP contribution in [0.3, 0.4) is 0 Å². The van der Waals surface area contributed by atoms with Gasteiger partial charge >= 0.3 is 6.03 Å². The van der Waals surface area contributed by atoms with Crippen molar-refractivity contribution in [3.05, 3.63) is 22.4 Å². The molecular weight excluding hydrogens is 288 g/mol. The monoisotopic (exact) mass is 310 g/mol. The predicted octanol–water partition coefficient (Wildman–Crippen LogP) is 2.62. The Morgan fingerprint density at radius 2 is 2.19 bits per heavy atom. The van der Waals surface area contributed by atoms with E-state index in [1.165, 1.54) is 19.3 Å². The van der Waals surface area contributed by atoms with Gasteiger partial charge in [-0.25, -0.2) is 4.79 Å². The molecule has 0 aromatic carbocycles. The Morgan fingerprint density at radius 3 is 2.95 bits per heavy atom. The minimum absolute atomic E-state index is 0.0324. The molecule has 2 N–H and O–H groups in total. The number of carbonyl (C=O) groups excluding carboxylic acids is 1. The second-order valence-corrected chi connectivity index (χ2v) is 6.50. The van der Waals surface area contributed by atoms with Gasteiger partial charge in [-0.15, -0.1) is 0 Å². The van der Waals surface area contributed by atoms with E-state index in [9.17, 15) is 4.79 Å². The topological polar surface area (TPSA) is 59.6 Å². The van der Waals surface area contributed by atoms with Crippen LogP contribution in [0.1, 0.15) is 37.7 Å². The molecule has 2 aliphatic rings. The Hall–Kier alpha value is -1.11. The van der Waals surface area contributed by atoms with Crippen LogP contribution in [0.5, 0.6) is 0 Å². The largest absolute Gasteiger partial charge is 0.347 e. The maximum atomic E-state index is 11.7. The van der Waals surface area contributed by atoms with Crippen molar-refractivity contribution in [2.45, 2.75) is 50.5 Å². The van der Waals surface area contributed by atoms with Crippen LogP contribution in [-0.2, 0) is 16.0 Å². The predicted molar refractivity (Wildman–Crippen MR) is 81.2 cm³/mol. The molecule has 1 atom stereocenters. The fourth-order valence-electron chi connectivity index (χ4n) is 2.91. The SMILES string of the molecule is O=C(NCc1ccsc1)NC[C@@H]1COC2(CCCCC2)O1. The molecule has 0 unspecified atom stereocenters. The Morgan fingerprint density at radius 1 is 1.33 bits per heavy atom. The summed E-state index contributed by atoms with van der Waals surface area (Å²) in [6.07, 6.45) is 5.53. The van der Waals surface area contributed by atoms with Crippen LogP contribution in [0.2, 0.25) is 0 Å². The highest BCUT2D eigenvalue weighted by molar-refractivity contribution is 7.07. The van der Waals surface area contributed by atoms with Crippen LogP contribution in [0.25, 0.3) is 0 Å². The van der Waals surface area contributed by atoms with E-state index in [1.54, 1.807) is 11.3 Å². The standard InChI is InChI=1S/C15H22N2O3S/c18-14(16-8-12-4-7-21-11-12)17-9-13-10-19-15(20-13)5-2-1-3-6-15/h4,7,11,13H,1-3,5-6,8-10H2,(H2,16,17,18)/t13-/m1/s1. The highest BCUT2D eigenvalue weighted by Gasteiger charge is 2.42. The van der Waals surface area contributed by atoms with E-state index in [-0.39, 0.29) is 17.9 Å². The summed E-state index contributed by atoms with van der Waals surface area (Å²) >= 11 is 1.63. The summed E-state index contributed by atoms with van der Waals surface area (Å²) in [5.41, 5.74) is 1.12. The Kier molecular flexibility index (Phi) is 4.77. The average Bonchev–Trinajstić information content (AvgIpc) is 3.14. The Bertz CT molecular complexity index is 457. The molecule has 116 valence electrons. The normalized spacial score (nSPS) is 24.1. The molecule has 21 heavy (non-hydrogen) atoms. The van der Waals surface area contributed by atoms with Crippen LogP contribution < -0.4 is 10.6 Å². The van der Waals surface area contributed by atoms with Crippen LogP contribution in [0, 0.1) is 0 Å². The molecule has 2 heterocycles. The van der Waals surface area contributed by atoms with Crippen LogP contribution in [0.4, 0.5) is 4.79 Å². The molecule has 2 fully saturated rings. The van der Waals surface area contributed by atoms with Gasteiger partial charge in [-0.1, -0.05) is 6.42 Å². The molecule has 6 heteroatoms. The minimum atomic E-state index is -0.363. The molecule has 0 bridgehead atoms. The van der Waals surface area contributed by atoms with E-state index in [1.807, 2.05) is 16.8 Å². The van der Waals surface area contributed by atoms with E-state index in [0.29, 0.717) is 19.7 Å². The highest BCUT2D eigenvalue weighted by Crippen LogP contribution is 2.37. The quantitative estimate of drug-likeness (QED) is 0.899. The van der Waals surface area contributed by atoms with Crippen LogP contribution >= 0.6 is 11.3 Å². The maximum Gasteiger partial charge on any atom is 0.315 e. The molecule has 1 spiro atoms. The minimum Gasteiger partial charge on any atom is -0.347 e. The average molecular weight is 310 g/mol. The number of ether oxygens (including phenoxy) is 2. The summed E-state index contributed by atoms with van der Waals surface area (Å²) in [6, 6.07) is 1.85. The van der Waals surface area contributed by atoms with E-state index >= 15 is 0 Å². The van der Waals surface area contributed by atoms with Crippen molar-refractivity contribution >= 4 is 17.4 Å². The maximum absolute atomic E-state index is 11.7. The van der Waals surface area contributed by atoms with Gasteiger partial charge in [-0.2, -0.15) is 11.3 Å². The van der Waals surface area contributed by atoms with Crippen LogP contribution in [-0.4, -0.2) is 31.1 Å². The van der Waals surface area contributed by atoms with Crippen LogP contribution in [0.15, 0.2) is 16.8 Å². The second-order valence-electron chi connectivity index (χ2n) is 5.72. The van der Waals surface area contributed by atoms with Gasteiger partial charge in [0.05, 0.1) is 6.61 Å². The van der Waals surface area contributed by atoms with Gasteiger partial charge in [0.25, 0.3) is 0 Å². The van der Waals surface area contributed by atoms with Gasteiger partial charge < -0.3 is 20.1 Å². The van der Waals surface area contributed by atoms with E-state index in [4.69, 9.17) is 9.47 Å². The van der Waals surface area contributed by atoms with Gasteiger partial charge in [0.15, 0.2) is 5.79 Å². The lowest BCUT2D eigenvalue weighted by Crippen LogP contribution is -2.41. The van der Waals surface area contributed by atoms with Crippen molar-refractivity contribution < 1.29 is 14.3 Å². The second kappa shape index (κ2) is 6.77. The van der Waals surface area contributed by atoms with Crippen molar-refractivity contribution in [3.8, 4) is 0 Å². The number of nitrogens with one attached hydrogen (secondary N) is 2.